The van der Waals surface area contributed by atoms with Crippen molar-refractivity contribution >= 4 is 0 Å². The maximum atomic E-state index is 6.02. The molecule has 1 saturated carbocycles. The van der Waals surface area contributed by atoms with Crippen molar-refractivity contribution in [2.45, 2.75) is 88.9 Å². The van der Waals surface area contributed by atoms with E-state index in [4.69, 9.17) is 4.74 Å². The minimum absolute atomic E-state index is 0.262. The Bertz CT molecular complexity index is 280. The minimum Gasteiger partial charge on any atom is -0.375 e. The number of nitrogens with one attached hydrogen (secondary N) is 1. The lowest BCUT2D eigenvalue weighted by Crippen LogP contribution is -2.59. The Balaban J connectivity index is 1.57. The van der Waals surface area contributed by atoms with Crippen molar-refractivity contribution in [3.8, 4) is 0 Å². The molecule has 0 radical (unpaired) electrons. The highest BCUT2D eigenvalue weighted by molar-refractivity contribution is 4.96. The lowest BCUT2D eigenvalue weighted by molar-refractivity contribution is -0.145. The molecule has 0 aromatic carbocycles. The van der Waals surface area contributed by atoms with Gasteiger partial charge in [0, 0.05) is 24.7 Å². The first kappa shape index (κ1) is 12.9. The Morgan fingerprint density at radius 3 is 2.39 bits per heavy atom. The van der Waals surface area contributed by atoms with Crippen molar-refractivity contribution in [3.05, 3.63) is 0 Å². The minimum atomic E-state index is 0.262. The van der Waals surface area contributed by atoms with Crippen LogP contribution in [0, 0.1) is 0 Å². The largest absolute Gasteiger partial charge is 0.375 e. The molecule has 3 unspecified atom stereocenters. The van der Waals surface area contributed by atoms with Gasteiger partial charge in [-0.1, -0.05) is 6.42 Å². The molecule has 3 rings (SSSR count). The van der Waals surface area contributed by atoms with Gasteiger partial charge in [-0.2, -0.15) is 0 Å². The van der Waals surface area contributed by atoms with Gasteiger partial charge in [0.05, 0.1) is 5.60 Å². The Labute approximate surface area is 111 Å². The van der Waals surface area contributed by atoms with E-state index >= 15 is 0 Å². The Morgan fingerprint density at radius 1 is 1.06 bits per heavy atom. The van der Waals surface area contributed by atoms with Crippen molar-refractivity contribution in [2.24, 2.45) is 0 Å². The molecule has 2 saturated heterocycles. The van der Waals surface area contributed by atoms with Crippen molar-refractivity contribution in [3.63, 3.8) is 0 Å². The molecule has 1 N–H and O–H groups in total. The fraction of sp³-hybridized carbons (Fsp3) is 1.00. The zero-order chi connectivity index (χ0) is 12.6. The third kappa shape index (κ3) is 2.45. The van der Waals surface area contributed by atoms with Crippen LogP contribution in [0.4, 0.5) is 0 Å². The molecule has 0 amide bonds. The molecule has 1 spiro atoms. The van der Waals surface area contributed by atoms with E-state index in [1.165, 1.54) is 51.4 Å². The van der Waals surface area contributed by atoms with E-state index in [1.54, 1.807) is 0 Å². The second-order valence-electron chi connectivity index (χ2n) is 6.74. The second kappa shape index (κ2) is 5.10. The van der Waals surface area contributed by atoms with E-state index in [1.807, 2.05) is 0 Å². The summed E-state index contributed by atoms with van der Waals surface area (Å²) in [7, 11) is 0. The molecule has 3 atom stereocenters. The highest BCUT2D eigenvalue weighted by Crippen LogP contribution is 2.42. The number of nitrogens with zero attached hydrogens (tertiary/aromatic N) is 1. The molecule has 0 aromatic rings. The standard InChI is InChI=1S/C15H28N2O/c1-12-5-3-6-13(2)17(12)16-14-7-10-18-15(11-14)8-4-9-15/h12-14,16H,3-11H2,1-2H3. The lowest BCUT2D eigenvalue weighted by atomic mass is 9.74. The van der Waals surface area contributed by atoms with Crippen LogP contribution >= 0.6 is 0 Å². The third-order valence-corrected chi connectivity index (χ3v) is 5.28. The Hall–Kier alpha value is -0.120. The van der Waals surface area contributed by atoms with E-state index < -0.39 is 0 Å². The molecular formula is C15H28N2O. The van der Waals surface area contributed by atoms with Crippen LogP contribution in [0.3, 0.4) is 0 Å². The summed E-state index contributed by atoms with van der Waals surface area (Å²) in [5.41, 5.74) is 4.10. The Morgan fingerprint density at radius 2 is 1.78 bits per heavy atom. The summed E-state index contributed by atoms with van der Waals surface area (Å²) in [5.74, 6) is 0. The molecule has 3 fully saturated rings. The van der Waals surface area contributed by atoms with Crippen LogP contribution in [0.15, 0.2) is 0 Å². The van der Waals surface area contributed by atoms with Crippen LogP contribution in [0.25, 0.3) is 0 Å². The van der Waals surface area contributed by atoms with Gasteiger partial charge >= 0.3 is 0 Å². The summed E-state index contributed by atoms with van der Waals surface area (Å²) in [4.78, 5) is 0. The monoisotopic (exact) mass is 252 g/mol. The summed E-state index contributed by atoms with van der Waals surface area (Å²) >= 11 is 0. The van der Waals surface area contributed by atoms with Crippen LogP contribution in [0.2, 0.25) is 0 Å². The number of ether oxygens (including phenoxy) is 1. The van der Waals surface area contributed by atoms with Gasteiger partial charge in [-0.05, 0) is 58.8 Å². The van der Waals surface area contributed by atoms with E-state index in [0.29, 0.717) is 18.1 Å². The predicted molar refractivity (Wildman–Crippen MR) is 73.3 cm³/mol. The van der Waals surface area contributed by atoms with E-state index in [2.05, 4.69) is 24.3 Å². The molecule has 2 aliphatic heterocycles. The van der Waals surface area contributed by atoms with Gasteiger partial charge in [0.1, 0.15) is 0 Å². The maximum absolute atomic E-state index is 6.02. The van der Waals surface area contributed by atoms with Crippen LogP contribution in [-0.4, -0.2) is 35.3 Å². The average molecular weight is 252 g/mol. The lowest BCUT2D eigenvalue weighted by Gasteiger charge is -2.49. The maximum Gasteiger partial charge on any atom is 0.0698 e. The normalized spacial score (nSPS) is 40.7. The summed E-state index contributed by atoms with van der Waals surface area (Å²) in [6.07, 6.45) is 10.4. The quantitative estimate of drug-likeness (QED) is 0.818. The molecule has 1 aliphatic carbocycles. The molecule has 2 heterocycles. The number of hydrazine groups is 1. The summed E-state index contributed by atoms with van der Waals surface area (Å²) < 4.78 is 6.02. The third-order valence-electron chi connectivity index (χ3n) is 5.28. The fourth-order valence-electron chi connectivity index (χ4n) is 3.94. The highest BCUT2D eigenvalue weighted by atomic mass is 16.5. The number of hydrogen-bond donors (Lipinski definition) is 1. The number of hydrogen-bond acceptors (Lipinski definition) is 3. The number of rotatable bonds is 2. The SMILES string of the molecule is CC1CCCC(C)N1NC1CCOC2(CCC2)C1. The van der Waals surface area contributed by atoms with Gasteiger partial charge in [-0.25, -0.2) is 5.01 Å². The zero-order valence-electron chi connectivity index (χ0n) is 12.0. The van der Waals surface area contributed by atoms with E-state index in [9.17, 15) is 0 Å². The first-order chi connectivity index (χ1) is 8.69. The summed E-state index contributed by atoms with van der Waals surface area (Å²) in [6.45, 7) is 5.68. The molecule has 18 heavy (non-hydrogen) atoms. The van der Waals surface area contributed by atoms with E-state index in [-0.39, 0.29) is 5.60 Å². The molecule has 0 aromatic heterocycles. The molecule has 3 heteroatoms. The molecule has 3 aliphatic rings. The summed E-state index contributed by atoms with van der Waals surface area (Å²) in [5, 5.41) is 2.53. The molecular weight excluding hydrogens is 224 g/mol. The van der Waals surface area contributed by atoms with Crippen LogP contribution in [0.5, 0.6) is 0 Å². The van der Waals surface area contributed by atoms with Gasteiger partial charge in [0.25, 0.3) is 0 Å². The van der Waals surface area contributed by atoms with E-state index in [0.717, 1.165) is 6.61 Å². The van der Waals surface area contributed by atoms with Gasteiger partial charge in [0.2, 0.25) is 0 Å². The van der Waals surface area contributed by atoms with Gasteiger partial charge in [0.15, 0.2) is 0 Å². The van der Waals surface area contributed by atoms with Crippen LogP contribution in [0.1, 0.15) is 65.2 Å². The fourth-order valence-corrected chi connectivity index (χ4v) is 3.94. The summed E-state index contributed by atoms with van der Waals surface area (Å²) in [6, 6.07) is 2.02. The first-order valence-electron chi connectivity index (χ1n) is 7.87. The van der Waals surface area contributed by atoms with Crippen molar-refractivity contribution in [2.75, 3.05) is 6.61 Å². The topological polar surface area (TPSA) is 24.5 Å². The number of piperidine rings is 1. The molecule has 104 valence electrons. The van der Waals surface area contributed by atoms with Gasteiger partial charge in [-0.3, -0.25) is 5.43 Å². The van der Waals surface area contributed by atoms with Crippen molar-refractivity contribution in [1.82, 2.24) is 10.4 Å². The van der Waals surface area contributed by atoms with Crippen LogP contribution in [-0.2, 0) is 4.74 Å². The molecule has 0 bridgehead atoms. The average Bonchev–Trinajstić information content (AvgIpc) is 2.33. The van der Waals surface area contributed by atoms with Gasteiger partial charge < -0.3 is 4.74 Å². The van der Waals surface area contributed by atoms with Crippen molar-refractivity contribution in [1.29, 1.82) is 0 Å². The van der Waals surface area contributed by atoms with Gasteiger partial charge in [-0.15, -0.1) is 0 Å². The molecule has 3 nitrogen and oxygen atoms in total. The second-order valence-corrected chi connectivity index (χ2v) is 6.74. The first-order valence-corrected chi connectivity index (χ1v) is 7.87. The zero-order valence-corrected chi connectivity index (χ0v) is 12.0. The van der Waals surface area contributed by atoms with Crippen LogP contribution < -0.4 is 5.43 Å². The Kier molecular flexibility index (Phi) is 3.65. The highest BCUT2D eigenvalue weighted by Gasteiger charge is 2.43. The smallest absolute Gasteiger partial charge is 0.0698 e. The predicted octanol–water partition coefficient (Wildman–Crippen LogP) is 2.86. The van der Waals surface area contributed by atoms with Crippen molar-refractivity contribution < 1.29 is 4.74 Å².